The number of esters is 2. The van der Waals surface area contributed by atoms with E-state index in [2.05, 4.69) is 64.1 Å². The van der Waals surface area contributed by atoms with Crippen LogP contribution >= 0.6 is 22.6 Å². The van der Waals surface area contributed by atoms with E-state index in [0.29, 0.717) is 30.0 Å². The molecule has 3 saturated carbocycles. The molecule has 4 aliphatic rings. The molecule has 0 saturated heterocycles. The van der Waals surface area contributed by atoms with Gasteiger partial charge in [-0.2, -0.15) is 0 Å². The Morgan fingerprint density at radius 1 is 1.00 bits per heavy atom. The first-order chi connectivity index (χ1) is 17.7. The quantitative estimate of drug-likeness (QED) is 0.164. The predicted octanol–water partition coefficient (Wildman–Crippen LogP) is 7.48. The van der Waals surface area contributed by atoms with E-state index in [9.17, 15) is 14.4 Å². The first kappa shape index (κ1) is 30.0. The zero-order valence-corrected chi connectivity index (χ0v) is 26.9. The minimum Gasteiger partial charge on any atom is -0.463 e. The van der Waals surface area contributed by atoms with Gasteiger partial charge in [0.2, 0.25) is 0 Å². The average Bonchev–Trinajstić information content (AvgIpc) is 3.11. The minimum atomic E-state index is -0.221. The topological polar surface area (TPSA) is 69.7 Å². The number of carbonyl (C=O) groups excluding carboxylic acids is 3. The first-order valence-electron chi connectivity index (χ1n) is 15.0. The van der Waals surface area contributed by atoms with E-state index in [1.807, 2.05) is 0 Å². The zero-order chi connectivity index (χ0) is 28.2. The van der Waals surface area contributed by atoms with E-state index in [1.54, 1.807) is 0 Å². The monoisotopic (exact) mass is 640 g/mol. The van der Waals surface area contributed by atoms with Gasteiger partial charge in [-0.25, -0.2) is 0 Å². The highest BCUT2D eigenvalue weighted by molar-refractivity contribution is 14.1. The third-order valence-electron chi connectivity index (χ3n) is 11.5. The van der Waals surface area contributed by atoms with Crippen LogP contribution in [0.5, 0.6) is 0 Å². The van der Waals surface area contributed by atoms with Crippen molar-refractivity contribution in [2.75, 3.05) is 0 Å². The second-order valence-electron chi connectivity index (χ2n) is 13.9. The maximum Gasteiger partial charge on any atom is 0.302 e. The van der Waals surface area contributed by atoms with Gasteiger partial charge >= 0.3 is 11.9 Å². The van der Waals surface area contributed by atoms with E-state index in [1.165, 1.54) is 19.4 Å². The Morgan fingerprint density at radius 3 is 2.29 bits per heavy atom. The smallest absolute Gasteiger partial charge is 0.302 e. The van der Waals surface area contributed by atoms with Crippen molar-refractivity contribution in [2.24, 2.45) is 46.3 Å². The van der Waals surface area contributed by atoms with Crippen LogP contribution in [0.25, 0.3) is 0 Å². The Kier molecular flexibility index (Phi) is 8.82. The van der Waals surface area contributed by atoms with Crippen LogP contribution in [0.2, 0.25) is 0 Å². The van der Waals surface area contributed by atoms with E-state index in [0.717, 1.165) is 50.5 Å². The van der Waals surface area contributed by atoms with Crippen LogP contribution in [0.3, 0.4) is 0 Å². The van der Waals surface area contributed by atoms with Crippen LogP contribution in [0.1, 0.15) is 107 Å². The lowest BCUT2D eigenvalue weighted by molar-refractivity contribution is -0.153. The third kappa shape index (κ3) is 5.25. The Morgan fingerprint density at radius 2 is 1.68 bits per heavy atom. The number of Topliss-reactive ketones (excluding diaryl/α,β-unsaturated/α-hetero) is 1. The Hall–Kier alpha value is -0.920. The molecule has 3 fully saturated rings. The fourth-order valence-corrected chi connectivity index (χ4v) is 10.3. The molecule has 6 heteroatoms. The molecule has 0 amide bonds. The van der Waals surface area contributed by atoms with E-state index in [-0.39, 0.29) is 56.7 Å². The van der Waals surface area contributed by atoms with Crippen LogP contribution in [0.4, 0.5) is 0 Å². The summed E-state index contributed by atoms with van der Waals surface area (Å²) in [6, 6.07) is 0. The fourth-order valence-electron chi connectivity index (χ4n) is 8.99. The maximum absolute atomic E-state index is 13.8. The molecule has 5 nitrogen and oxygen atoms in total. The van der Waals surface area contributed by atoms with Crippen LogP contribution in [-0.2, 0) is 23.9 Å². The van der Waals surface area contributed by atoms with Gasteiger partial charge < -0.3 is 9.47 Å². The van der Waals surface area contributed by atoms with Crippen molar-refractivity contribution in [1.82, 2.24) is 0 Å². The number of fused-ring (bicyclic) bond motifs is 4. The predicted molar refractivity (Wildman–Crippen MR) is 158 cm³/mol. The molecule has 0 heterocycles. The van der Waals surface area contributed by atoms with Gasteiger partial charge in [-0.1, -0.05) is 69.7 Å². The normalized spacial score (nSPS) is 38.0. The molecule has 0 radical (unpaired) electrons. The number of halogens is 1. The molecular formula is C32H49IO5. The molecule has 4 aliphatic carbocycles. The molecule has 0 unspecified atom stereocenters. The van der Waals surface area contributed by atoms with Crippen molar-refractivity contribution in [3.05, 3.63) is 11.1 Å². The van der Waals surface area contributed by atoms with Gasteiger partial charge in [0.15, 0.2) is 5.78 Å². The molecule has 0 aromatic rings. The molecular weight excluding hydrogens is 591 g/mol. The number of allylic oxidation sites excluding steroid dienone is 2. The second kappa shape index (κ2) is 11.2. The summed E-state index contributed by atoms with van der Waals surface area (Å²) in [7, 11) is 0. The number of ether oxygens (including phenoxy) is 2. The summed E-state index contributed by atoms with van der Waals surface area (Å²) in [6.07, 6.45) is 7.73. The summed E-state index contributed by atoms with van der Waals surface area (Å²) in [5, 5.41) is 0. The SMILES string of the molecule is CC(=O)O[C@H]1CC[C@@]2(C)[C@@H](CCC3=C4C(=O)C[C@H]([C@H](C)[C@H](I)[C@H](OC(C)=O)[C@@H](C)C(C)C)[C@@]4(C)CC[C@@H]32)C1. The van der Waals surface area contributed by atoms with Crippen molar-refractivity contribution in [3.63, 3.8) is 0 Å². The summed E-state index contributed by atoms with van der Waals surface area (Å²) in [6.45, 7) is 16.7. The number of alkyl halides is 1. The van der Waals surface area contributed by atoms with Gasteiger partial charge in [-0.3, -0.25) is 14.4 Å². The molecule has 10 atom stereocenters. The van der Waals surface area contributed by atoms with Gasteiger partial charge in [0.05, 0.1) is 3.92 Å². The standard InChI is InChI=1S/C32H49IO5/c1-17(2)18(3)30(38-21(6)35)29(33)19(4)26-16-27(36)28-24-10-9-22-15-23(37-20(5)34)11-13-31(22,7)25(24)12-14-32(26,28)8/h17-19,22-23,25-26,29-30H,9-16H2,1-8H3/t18-,19-,22-,23-,25-,26+,29-,30+,31-,32+/m0/s1. The summed E-state index contributed by atoms with van der Waals surface area (Å²) in [4.78, 5) is 37.4. The molecule has 0 N–H and O–H groups in total. The van der Waals surface area contributed by atoms with Gasteiger partial charge in [-0.05, 0) is 91.3 Å². The van der Waals surface area contributed by atoms with Crippen molar-refractivity contribution >= 4 is 40.3 Å². The van der Waals surface area contributed by atoms with Gasteiger partial charge in [-0.15, -0.1) is 0 Å². The molecule has 0 aromatic carbocycles. The Bertz CT molecular complexity index is 986. The third-order valence-corrected chi connectivity index (χ3v) is 13.3. The number of hydrogen-bond acceptors (Lipinski definition) is 5. The lowest BCUT2D eigenvalue weighted by Crippen LogP contribution is -2.49. The molecule has 38 heavy (non-hydrogen) atoms. The van der Waals surface area contributed by atoms with Gasteiger partial charge in [0, 0.05) is 25.8 Å². The summed E-state index contributed by atoms with van der Waals surface area (Å²) in [5.74, 6) is 2.17. The number of carbonyl (C=O) groups is 3. The van der Waals surface area contributed by atoms with E-state index >= 15 is 0 Å². The van der Waals surface area contributed by atoms with Crippen molar-refractivity contribution in [1.29, 1.82) is 0 Å². The highest BCUT2D eigenvalue weighted by atomic mass is 127. The van der Waals surface area contributed by atoms with Crippen molar-refractivity contribution in [3.8, 4) is 0 Å². The molecule has 214 valence electrons. The zero-order valence-electron chi connectivity index (χ0n) is 24.8. The minimum absolute atomic E-state index is 0.0472. The van der Waals surface area contributed by atoms with Crippen LogP contribution in [-0.4, -0.2) is 33.9 Å². The van der Waals surface area contributed by atoms with Crippen LogP contribution < -0.4 is 0 Å². The highest BCUT2D eigenvalue weighted by Crippen LogP contribution is 2.65. The first-order valence-corrected chi connectivity index (χ1v) is 16.2. The number of rotatable bonds is 7. The van der Waals surface area contributed by atoms with Crippen LogP contribution in [0, 0.1) is 46.3 Å². The van der Waals surface area contributed by atoms with Gasteiger partial charge in [0.25, 0.3) is 0 Å². The summed E-state index contributed by atoms with van der Waals surface area (Å²) >= 11 is 2.51. The average molecular weight is 641 g/mol. The highest BCUT2D eigenvalue weighted by Gasteiger charge is 2.59. The summed E-state index contributed by atoms with van der Waals surface area (Å²) < 4.78 is 11.7. The Labute approximate surface area is 243 Å². The Balaban J connectivity index is 1.60. The second-order valence-corrected chi connectivity index (χ2v) is 15.3. The molecule has 0 aromatic heterocycles. The molecule has 4 rings (SSSR count). The number of hydrogen-bond donors (Lipinski definition) is 0. The molecule has 0 bridgehead atoms. The fraction of sp³-hybridized carbons (Fsp3) is 0.844. The summed E-state index contributed by atoms with van der Waals surface area (Å²) in [5.41, 5.74) is 2.70. The molecule has 0 spiro atoms. The van der Waals surface area contributed by atoms with Crippen LogP contribution in [0.15, 0.2) is 11.1 Å². The lowest BCUT2D eigenvalue weighted by atomic mass is 9.48. The number of ketones is 1. The van der Waals surface area contributed by atoms with E-state index < -0.39 is 0 Å². The largest absolute Gasteiger partial charge is 0.463 e. The van der Waals surface area contributed by atoms with Crippen molar-refractivity contribution < 1.29 is 23.9 Å². The van der Waals surface area contributed by atoms with Gasteiger partial charge in [0.1, 0.15) is 12.2 Å². The van der Waals surface area contributed by atoms with Crippen molar-refractivity contribution in [2.45, 2.75) is 123 Å². The van der Waals surface area contributed by atoms with E-state index in [4.69, 9.17) is 9.47 Å². The molecule has 0 aliphatic heterocycles. The lowest BCUT2D eigenvalue weighted by Gasteiger charge is -2.56. The maximum atomic E-state index is 13.8.